The summed E-state index contributed by atoms with van der Waals surface area (Å²) in [6, 6.07) is 7.74. The molecule has 0 saturated carbocycles. The first-order valence-electron chi connectivity index (χ1n) is 5.28. The summed E-state index contributed by atoms with van der Waals surface area (Å²) in [5.41, 5.74) is 6.54. The van der Waals surface area contributed by atoms with Crippen molar-refractivity contribution in [3.63, 3.8) is 0 Å². The van der Waals surface area contributed by atoms with Gasteiger partial charge in [0.25, 0.3) is 0 Å². The molecular formula is C12H18ClNO. The molecule has 2 nitrogen and oxygen atoms in total. The summed E-state index contributed by atoms with van der Waals surface area (Å²) in [4.78, 5) is 0. The van der Waals surface area contributed by atoms with Gasteiger partial charge in [0.1, 0.15) is 0 Å². The van der Waals surface area contributed by atoms with Crippen LogP contribution in [0.4, 0.5) is 0 Å². The van der Waals surface area contributed by atoms with Crippen LogP contribution in [0.5, 0.6) is 0 Å². The van der Waals surface area contributed by atoms with Crippen LogP contribution in [0.25, 0.3) is 0 Å². The molecular weight excluding hydrogens is 210 g/mol. The monoisotopic (exact) mass is 227 g/mol. The third-order valence-electron chi connectivity index (χ3n) is 2.24. The zero-order valence-corrected chi connectivity index (χ0v) is 9.83. The van der Waals surface area contributed by atoms with Crippen molar-refractivity contribution >= 4 is 11.6 Å². The number of halogens is 1. The molecule has 0 heterocycles. The number of rotatable bonds is 6. The molecule has 0 bridgehead atoms. The zero-order chi connectivity index (χ0) is 11.1. The zero-order valence-electron chi connectivity index (χ0n) is 9.08. The Hall–Kier alpha value is -0.570. The third kappa shape index (κ3) is 5.17. The van der Waals surface area contributed by atoms with Crippen LogP contribution >= 0.6 is 11.6 Å². The van der Waals surface area contributed by atoms with E-state index in [2.05, 4.69) is 6.92 Å². The summed E-state index contributed by atoms with van der Waals surface area (Å²) in [5, 5.41) is 0.755. The lowest BCUT2D eigenvalue weighted by Gasteiger charge is -2.12. The van der Waals surface area contributed by atoms with Crippen molar-refractivity contribution in [1.29, 1.82) is 0 Å². The summed E-state index contributed by atoms with van der Waals surface area (Å²) in [7, 11) is 0. The Morgan fingerprint density at radius 1 is 1.47 bits per heavy atom. The molecule has 1 aromatic rings. The maximum absolute atomic E-state index is 5.87. The van der Waals surface area contributed by atoms with E-state index in [4.69, 9.17) is 22.1 Å². The van der Waals surface area contributed by atoms with E-state index in [9.17, 15) is 0 Å². The number of ether oxygens (including phenoxy) is 1. The Morgan fingerprint density at radius 2 is 2.27 bits per heavy atom. The van der Waals surface area contributed by atoms with Crippen LogP contribution in [0.2, 0.25) is 5.02 Å². The number of hydrogen-bond acceptors (Lipinski definition) is 2. The second kappa shape index (κ2) is 6.83. The number of nitrogens with two attached hydrogens (primary N) is 1. The Balaban J connectivity index is 2.30. The molecule has 1 unspecified atom stereocenters. The average Bonchev–Trinajstić information content (AvgIpc) is 2.23. The minimum Gasteiger partial charge on any atom is -0.374 e. The van der Waals surface area contributed by atoms with E-state index >= 15 is 0 Å². The van der Waals surface area contributed by atoms with Gasteiger partial charge in [-0.25, -0.2) is 0 Å². The first-order valence-corrected chi connectivity index (χ1v) is 5.66. The molecule has 0 spiro atoms. The lowest BCUT2D eigenvalue weighted by molar-refractivity contribution is 0.0467. The van der Waals surface area contributed by atoms with E-state index in [1.54, 1.807) is 0 Å². The fourth-order valence-electron chi connectivity index (χ4n) is 1.35. The van der Waals surface area contributed by atoms with E-state index in [1.165, 1.54) is 0 Å². The predicted octanol–water partition coefficient (Wildman–Crippen LogP) is 2.98. The minimum atomic E-state index is 0.257. The molecule has 0 aliphatic heterocycles. The fourth-order valence-corrected chi connectivity index (χ4v) is 1.57. The van der Waals surface area contributed by atoms with Crippen LogP contribution in [0.3, 0.4) is 0 Å². The summed E-state index contributed by atoms with van der Waals surface area (Å²) in [5.74, 6) is 0. The highest BCUT2D eigenvalue weighted by atomic mass is 35.5. The normalized spacial score (nSPS) is 12.7. The number of hydrogen-bond donors (Lipinski definition) is 1. The Morgan fingerprint density at radius 3 is 2.93 bits per heavy atom. The van der Waals surface area contributed by atoms with Gasteiger partial charge < -0.3 is 10.5 Å². The molecule has 15 heavy (non-hydrogen) atoms. The lowest BCUT2D eigenvalue weighted by Crippen LogP contribution is -2.10. The average molecular weight is 228 g/mol. The van der Waals surface area contributed by atoms with Gasteiger partial charge in [-0.2, -0.15) is 0 Å². The molecule has 0 aliphatic rings. The van der Waals surface area contributed by atoms with Gasteiger partial charge in [0.2, 0.25) is 0 Å². The molecule has 1 aromatic carbocycles. The molecule has 0 aromatic heterocycles. The van der Waals surface area contributed by atoms with Crippen molar-refractivity contribution in [3.05, 3.63) is 34.9 Å². The summed E-state index contributed by atoms with van der Waals surface area (Å²) >= 11 is 5.87. The highest BCUT2D eigenvalue weighted by Crippen LogP contribution is 2.12. The van der Waals surface area contributed by atoms with E-state index in [0.717, 1.165) is 30.0 Å². The van der Waals surface area contributed by atoms with Gasteiger partial charge in [-0.05, 0) is 44.0 Å². The highest BCUT2D eigenvalue weighted by Gasteiger charge is 2.02. The first-order chi connectivity index (χ1) is 7.22. The van der Waals surface area contributed by atoms with Gasteiger partial charge >= 0.3 is 0 Å². The summed E-state index contributed by atoms with van der Waals surface area (Å²) in [6.07, 6.45) is 2.28. The topological polar surface area (TPSA) is 35.2 Å². The molecule has 1 rings (SSSR count). The second-order valence-electron chi connectivity index (χ2n) is 3.68. The molecule has 0 aliphatic carbocycles. The Labute approximate surface area is 96.4 Å². The van der Waals surface area contributed by atoms with Gasteiger partial charge in [-0.3, -0.25) is 0 Å². The maximum Gasteiger partial charge on any atom is 0.0721 e. The summed E-state index contributed by atoms with van der Waals surface area (Å²) in [6.45, 7) is 3.41. The van der Waals surface area contributed by atoms with Crippen LogP contribution in [0.15, 0.2) is 24.3 Å². The van der Waals surface area contributed by atoms with E-state index in [1.807, 2.05) is 24.3 Å². The molecule has 0 fully saturated rings. The van der Waals surface area contributed by atoms with Gasteiger partial charge in [-0.1, -0.05) is 23.7 Å². The standard InChI is InChI=1S/C12H18ClNO/c1-10(4-3-7-14)15-9-11-5-2-6-12(13)8-11/h2,5-6,8,10H,3-4,7,9,14H2,1H3. The summed E-state index contributed by atoms with van der Waals surface area (Å²) < 4.78 is 5.67. The van der Waals surface area contributed by atoms with Crippen molar-refractivity contribution in [2.24, 2.45) is 5.73 Å². The molecule has 0 amide bonds. The Kier molecular flexibility index (Phi) is 5.69. The SMILES string of the molecule is CC(CCCN)OCc1cccc(Cl)c1. The van der Waals surface area contributed by atoms with Gasteiger partial charge in [0.05, 0.1) is 12.7 Å². The fraction of sp³-hybridized carbons (Fsp3) is 0.500. The van der Waals surface area contributed by atoms with E-state index < -0.39 is 0 Å². The molecule has 0 radical (unpaired) electrons. The van der Waals surface area contributed by atoms with Crippen molar-refractivity contribution in [2.45, 2.75) is 32.5 Å². The second-order valence-corrected chi connectivity index (χ2v) is 4.12. The van der Waals surface area contributed by atoms with E-state index in [-0.39, 0.29) is 6.10 Å². The maximum atomic E-state index is 5.87. The van der Waals surface area contributed by atoms with Crippen LogP contribution in [-0.4, -0.2) is 12.6 Å². The van der Waals surface area contributed by atoms with Gasteiger partial charge in [0, 0.05) is 5.02 Å². The smallest absolute Gasteiger partial charge is 0.0721 e. The minimum absolute atomic E-state index is 0.257. The van der Waals surface area contributed by atoms with Crippen molar-refractivity contribution in [3.8, 4) is 0 Å². The van der Waals surface area contributed by atoms with Crippen molar-refractivity contribution < 1.29 is 4.74 Å². The van der Waals surface area contributed by atoms with Gasteiger partial charge in [-0.15, -0.1) is 0 Å². The van der Waals surface area contributed by atoms with Crippen LogP contribution in [0.1, 0.15) is 25.3 Å². The molecule has 2 N–H and O–H groups in total. The molecule has 3 heteroatoms. The van der Waals surface area contributed by atoms with Crippen LogP contribution < -0.4 is 5.73 Å². The van der Waals surface area contributed by atoms with E-state index in [0.29, 0.717) is 6.61 Å². The first kappa shape index (κ1) is 12.5. The quantitative estimate of drug-likeness (QED) is 0.811. The molecule has 84 valence electrons. The van der Waals surface area contributed by atoms with Crippen LogP contribution in [-0.2, 0) is 11.3 Å². The third-order valence-corrected chi connectivity index (χ3v) is 2.47. The molecule has 1 atom stereocenters. The highest BCUT2D eigenvalue weighted by molar-refractivity contribution is 6.30. The van der Waals surface area contributed by atoms with Crippen LogP contribution in [0, 0.1) is 0 Å². The lowest BCUT2D eigenvalue weighted by atomic mass is 10.2. The largest absolute Gasteiger partial charge is 0.374 e. The van der Waals surface area contributed by atoms with Crippen molar-refractivity contribution in [1.82, 2.24) is 0 Å². The molecule has 0 saturated heterocycles. The Bertz CT molecular complexity index is 291. The number of benzene rings is 1. The predicted molar refractivity (Wildman–Crippen MR) is 64.0 cm³/mol. The van der Waals surface area contributed by atoms with Crippen molar-refractivity contribution in [2.75, 3.05) is 6.54 Å². The van der Waals surface area contributed by atoms with Gasteiger partial charge in [0.15, 0.2) is 0 Å².